The summed E-state index contributed by atoms with van der Waals surface area (Å²) in [5.41, 5.74) is 2.82. The fourth-order valence-electron chi connectivity index (χ4n) is 3.87. The molecule has 0 aliphatic carbocycles. The standard InChI is InChI=1S/C23H24N6O2Se/c1-31-22-16(11-24)9-17(12-25-22)15-5-6-19-18(10-15)21(27-14-26-19)28-20(13-32-2)23(30)29-7-3-4-8-29/h5-6,9-10,12,14,20H,3-4,7-8,13H2,1-2H3,(H,26,27,28)/t20-/m0/s1. The Morgan fingerprint density at radius 3 is 2.78 bits per heavy atom. The molecule has 0 unspecified atom stereocenters. The first-order valence-electron chi connectivity index (χ1n) is 10.4. The van der Waals surface area contributed by atoms with Crippen LogP contribution in [0.25, 0.3) is 22.0 Å². The van der Waals surface area contributed by atoms with Crippen LogP contribution < -0.4 is 10.1 Å². The molecule has 2 aromatic heterocycles. The van der Waals surface area contributed by atoms with Gasteiger partial charge in [0.25, 0.3) is 0 Å². The van der Waals surface area contributed by atoms with E-state index in [-0.39, 0.29) is 11.9 Å². The normalized spacial score (nSPS) is 14.2. The third kappa shape index (κ3) is 4.52. The molecule has 0 saturated carbocycles. The summed E-state index contributed by atoms with van der Waals surface area (Å²) in [4.78, 5) is 28.1. The molecule has 1 atom stereocenters. The molecule has 0 bridgehead atoms. The monoisotopic (exact) mass is 496 g/mol. The molecule has 9 heteroatoms. The number of anilines is 1. The molecule has 4 rings (SSSR count). The second kappa shape index (κ2) is 9.94. The Bertz CT molecular complexity index is 1170. The van der Waals surface area contributed by atoms with Gasteiger partial charge in [-0.05, 0) is 0 Å². The number of carbonyl (C=O) groups is 1. The third-order valence-electron chi connectivity index (χ3n) is 5.49. The van der Waals surface area contributed by atoms with E-state index in [1.807, 2.05) is 23.1 Å². The minimum absolute atomic E-state index is 0.146. The fraction of sp³-hybridized carbons (Fsp3) is 0.348. The molecular formula is C23H24N6O2Se. The molecule has 164 valence electrons. The number of fused-ring (bicyclic) bond motifs is 1. The number of nitrogens with one attached hydrogen (secondary N) is 1. The number of likely N-dealkylation sites (tertiary alicyclic amines) is 1. The van der Waals surface area contributed by atoms with Gasteiger partial charge < -0.3 is 0 Å². The Morgan fingerprint density at radius 1 is 1.25 bits per heavy atom. The zero-order valence-corrected chi connectivity index (χ0v) is 19.8. The number of aromatic nitrogens is 3. The van der Waals surface area contributed by atoms with Crippen molar-refractivity contribution >= 4 is 37.6 Å². The Morgan fingerprint density at radius 2 is 2.06 bits per heavy atom. The van der Waals surface area contributed by atoms with Crippen LogP contribution in [0.5, 0.6) is 5.88 Å². The van der Waals surface area contributed by atoms with Crippen molar-refractivity contribution in [3.63, 3.8) is 0 Å². The Labute approximate surface area is 193 Å². The first-order chi connectivity index (χ1) is 15.6. The van der Waals surface area contributed by atoms with Crippen molar-refractivity contribution in [2.45, 2.75) is 30.0 Å². The zero-order chi connectivity index (χ0) is 22.5. The van der Waals surface area contributed by atoms with Crippen LogP contribution in [-0.2, 0) is 4.79 Å². The number of hydrogen-bond acceptors (Lipinski definition) is 7. The van der Waals surface area contributed by atoms with Crippen LogP contribution >= 0.6 is 0 Å². The predicted octanol–water partition coefficient (Wildman–Crippen LogP) is 3.15. The zero-order valence-electron chi connectivity index (χ0n) is 18.0. The quantitative estimate of drug-likeness (QED) is 0.502. The van der Waals surface area contributed by atoms with Crippen molar-refractivity contribution in [1.29, 1.82) is 5.26 Å². The summed E-state index contributed by atoms with van der Waals surface area (Å²) in [6, 6.07) is 9.39. The topological polar surface area (TPSA) is 104 Å². The number of pyridine rings is 1. The average Bonchev–Trinajstić information content (AvgIpc) is 3.38. The maximum atomic E-state index is 13.1. The number of amides is 1. The van der Waals surface area contributed by atoms with E-state index in [0.29, 0.717) is 32.2 Å². The average molecular weight is 495 g/mol. The van der Waals surface area contributed by atoms with Crippen LogP contribution in [0.2, 0.25) is 11.1 Å². The van der Waals surface area contributed by atoms with Crippen molar-refractivity contribution in [2.24, 2.45) is 0 Å². The second-order valence-electron chi connectivity index (χ2n) is 7.53. The SMILES string of the molecule is COc1ncc(-c2ccc3ncnc(N[C@@H](C[Se]C)C(=O)N4CCCC4)c3c2)cc1C#N. The first kappa shape index (κ1) is 22.0. The van der Waals surface area contributed by atoms with Gasteiger partial charge in [0.15, 0.2) is 0 Å². The van der Waals surface area contributed by atoms with E-state index in [4.69, 9.17) is 4.74 Å². The van der Waals surface area contributed by atoms with E-state index >= 15 is 0 Å². The number of methoxy groups -OCH3 is 1. The van der Waals surface area contributed by atoms with Crippen LogP contribution in [0.3, 0.4) is 0 Å². The first-order valence-corrected chi connectivity index (χ1v) is 13.3. The minimum atomic E-state index is -0.298. The van der Waals surface area contributed by atoms with Crippen molar-refractivity contribution < 1.29 is 9.53 Å². The van der Waals surface area contributed by atoms with Gasteiger partial charge in [0.2, 0.25) is 0 Å². The summed E-state index contributed by atoms with van der Waals surface area (Å²) in [5.74, 6) is 3.22. The molecule has 1 aliphatic heterocycles. The molecule has 32 heavy (non-hydrogen) atoms. The van der Waals surface area contributed by atoms with Crippen LogP contribution in [0.1, 0.15) is 18.4 Å². The van der Waals surface area contributed by atoms with Gasteiger partial charge in [-0.25, -0.2) is 0 Å². The van der Waals surface area contributed by atoms with Gasteiger partial charge in [-0.2, -0.15) is 0 Å². The molecule has 8 nitrogen and oxygen atoms in total. The van der Waals surface area contributed by atoms with Crippen molar-refractivity contribution in [2.75, 3.05) is 25.5 Å². The van der Waals surface area contributed by atoms with Crippen molar-refractivity contribution in [1.82, 2.24) is 19.9 Å². The van der Waals surface area contributed by atoms with Crippen LogP contribution in [0, 0.1) is 11.3 Å². The van der Waals surface area contributed by atoms with Crippen LogP contribution in [0.15, 0.2) is 36.8 Å². The van der Waals surface area contributed by atoms with Gasteiger partial charge in [-0.3, -0.25) is 0 Å². The molecular weight excluding hydrogens is 471 g/mol. The van der Waals surface area contributed by atoms with Gasteiger partial charge in [0.1, 0.15) is 0 Å². The van der Waals surface area contributed by atoms with E-state index in [1.165, 1.54) is 13.4 Å². The molecule has 1 aromatic carbocycles. The van der Waals surface area contributed by atoms with E-state index in [2.05, 4.69) is 32.2 Å². The Kier molecular flexibility index (Phi) is 6.83. The number of nitriles is 1. The van der Waals surface area contributed by atoms with E-state index in [0.717, 1.165) is 53.3 Å². The van der Waals surface area contributed by atoms with Gasteiger partial charge in [-0.1, -0.05) is 0 Å². The van der Waals surface area contributed by atoms with E-state index in [9.17, 15) is 10.1 Å². The van der Waals surface area contributed by atoms with Gasteiger partial charge in [0.05, 0.1) is 7.11 Å². The van der Waals surface area contributed by atoms with Crippen LogP contribution in [-0.4, -0.2) is 67.0 Å². The van der Waals surface area contributed by atoms with Gasteiger partial charge in [0, 0.05) is 0 Å². The number of rotatable bonds is 7. The maximum absolute atomic E-state index is 13.1. The summed E-state index contributed by atoms with van der Waals surface area (Å²) in [6.45, 7) is 1.65. The number of nitrogens with zero attached hydrogens (tertiary/aromatic N) is 5. The fourth-order valence-corrected chi connectivity index (χ4v) is 5.04. The van der Waals surface area contributed by atoms with Gasteiger partial charge >= 0.3 is 186 Å². The molecule has 1 aliphatic rings. The Hall–Kier alpha value is -3.21. The molecule has 1 amide bonds. The second-order valence-corrected chi connectivity index (χ2v) is 9.44. The van der Waals surface area contributed by atoms with Crippen molar-refractivity contribution in [3.05, 3.63) is 42.4 Å². The summed E-state index contributed by atoms with van der Waals surface area (Å²) < 4.78 is 5.15. The molecule has 0 radical (unpaired) electrons. The summed E-state index contributed by atoms with van der Waals surface area (Å²) in [5, 5.41) is 14.4. The molecule has 3 heterocycles. The summed E-state index contributed by atoms with van der Waals surface area (Å²) in [6.07, 6.45) is 5.32. The van der Waals surface area contributed by atoms with E-state index in [1.54, 1.807) is 12.3 Å². The molecule has 1 fully saturated rings. The third-order valence-corrected chi connectivity index (χ3v) is 6.89. The van der Waals surface area contributed by atoms with Crippen LogP contribution in [0.4, 0.5) is 5.82 Å². The number of ether oxygens (including phenoxy) is 1. The molecule has 3 aromatic rings. The number of benzene rings is 1. The summed E-state index contributed by atoms with van der Waals surface area (Å²) >= 11 is 0.337. The predicted molar refractivity (Wildman–Crippen MR) is 124 cm³/mol. The molecule has 0 spiro atoms. The summed E-state index contributed by atoms with van der Waals surface area (Å²) in [7, 11) is 1.49. The van der Waals surface area contributed by atoms with Gasteiger partial charge in [-0.15, -0.1) is 0 Å². The van der Waals surface area contributed by atoms with E-state index < -0.39 is 0 Å². The Balaban J connectivity index is 1.69. The number of carbonyl (C=O) groups excluding carboxylic acids is 1. The van der Waals surface area contributed by atoms with Crippen molar-refractivity contribution in [3.8, 4) is 23.1 Å². The molecule has 1 N–H and O–H groups in total. The number of hydrogen-bond donors (Lipinski definition) is 1. The molecule has 1 saturated heterocycles.